The molecule has 0 aromatic heterocycles. The van der Waals surface area contributed by atoms with E-state index in [-0.39, 0.29) is 5.97 Å². The third kappa shape index (κ3) is 3.77. The van der Waals surface area contributed by atoms with Gasteiger partial charge in [0.2, 0.25) is 0 Å². The van der Waals surface area contributed by atoms with Crippen molar-refractivity contribution in [3.8, 4) is 0 Å². The van der Waals surface area contributed by atoms with Crippen LogP contribution in [0.2, 0.25) is 0 Å². The van der Waals surface area contributed by atoms with Gasteiger partial charge in [-0.15, -0.1) is 0 Å². The second-order valence-electron chi connectivity index (χ2n) is 4.11. The average molecular weight is 332 g/mol. The summed E-state index contributed by atoms with van der Waals surface area (Å²) in [5.41, 5.74) is 2.24. The minimum atomic E-state index is -0.414. The lowest BCUT2D eigenvalue weighted by atomic mass is 10.1. The van der Waals surface area contributed by atoms with E-state index in [9.17, 15) is 4.79 Å². The average Bonchev–Trinajstić information content (AvgIpc) is 2.28. The smallest absolute Gasteiger partial charge is 0.322 e. The summed E-state index contributed by atoms with van der Waals surface area (Å²) in [5.74, 6) is -0.142. The first kappa shape index (κ1) is 13.5. The van der Waals surface area contributed by atoms with Crippen molar-refractivity contribution in [1.29, 1.82) is 0 Å². The van der Waals surface area contributed by atoms with E-state index < -0.39 is 3.42 Å². The molecule has 1 aromatic rings. The van der Waals surface area contributed by atoms with Crippen molar-refractivity contribution >= 4 is 28.6 Å². The molecule has 0 aliphatic rings. The van der Waals surface area contributed by atoms with Crippen LogP contribution in [-0.2, 0) is 16.1 Å². The molecule has 0 saturated carbocycles. The van der Waals surface area contributed by atoms with Gasteiger partial charge in [0.05, 0.1) is 0 Å². The SMILES string of the molecule is CCC(C)(I)C(=O)OCc1ccc(C)cc1. The van der Waals surface area contributed by atoms with Crippen LogP contribution in [0.4, 0.5) is 0 Å². The Morgan fingerprint density at radius 1 is 1.38 bits per heavy atom. The Hall–Kier alpha value is -0.580. The first-order chi connectivity index (χ1) is 7.45. The van der Waals surface area contributed by atoms with E-state index >= 15 is 0 Å². The Kier molecular flexibility index (Phi) is 4.77. The van der Waals surface area contributed by atoms with Crippen molar-refractivity contribution in [2.75, 3.05) is 0 Å². The summed E-state index contributed by atoms with van der Waals surface area (Å²) in [5, 5.41) is 0. The number of rotatable bonds is 4. The summed E-state index contributed by atoms with van der Waals surface area (Å²) in [7, 11) is 0. The van der Waals surface area contributed by atoms with Crippen LogP contribution in [0.25, 0.3) is 0 Å². The van der Waals surface area contributed by atoms with E-state index in [4.69, 9.17) is 4.74 Å². The van der Waals surface area contributed by atoms with Gasteiger partial charge in [-0.25, -0.2) is 0 Å². The maximum atomic E-state index is 11.7. The first-order valence-corrected chi connectivity index (χ1v) is 6.45. The van der Waals surface area contributed by atoms with E-state index in [2.05, 4.69) is 22.6 Å². The number of alkyl halides is 1. The molecule has 0 N–H and O–H groups in total. The molecule has 3 heteroatoms. The Labute approximate surface area is 111 Å². The van der Waals surface area contributed by atoms with E-state index in [0.717, 1.165) is 12.0 Å². The molecular weight excluding hydrogens is 315 g/mol. The van der Waals surface area contributed by atoms with Gasteiger partial charge in [0, 0.05) is 0 Å². The maximum Gasteiger partial charge on any atom is 0.322 e. The summed E-state index contributed by atoms with van der Waals surface area (Å²) in [6.07, 6.45) is 0.778. The summed E-state index contributed by atoms with van der Waals surface area (Å²) >= 11 is 2.14. The molecule has 2 nitrogen and oxygen atoms in total. The van der Waals surface area contributed by atoms with Crippen molar-refractivity contribution in [2.24, 2.45) is 0 Å². The van der Waals surface area contributed by atoms with Gasteiger partial charge in [-0.2, -0.15) is 0 Å². The molecule has 0 aliphatic carbocycles. The number of ether oxygens (including phenoxy) is 1. The second kappa shape index (κ2) is 5.66. The first-order valence-electron chi connectivity index (χ1n) is 5.37. The minimum Gasteiger partial charge on any atom is -0.460 e. The van der Waals surface area contributed by atoms with Crippen LogP contribution in [0.1, 0.15) is 31.4 Å². The predicted molar refractivity (Wildman–Crippen MR) is 73.7 cm³/mol. The van der Waals surface area contributed by atoms with Gasteiger partial charge in [-0.3, -0.25) is 4.79 Å². The molecule has 88 valence electrons. The van der Waals surface area contributed by atoms with Gasteiger partial charge in [0.1, 0.15) is 10.0 Å². The lowest BCUT2D eigenvalue weighted by Crippen LogP contribution is -2.29. The summed E-state index contributed by atoms with van der Waals surface area (Å²) < 4.78 is 4.86. The minimum absolute atomic E-state index is 0.142. The molecule has 1 aromatic carbocycles. The molecule has 0 amide bonds. The van der Waals surface area contributed by atoms with Gasteiger partial charge in [-0.1, -0.05) is 59.3 Å². The van der Waals surface area contributed by atoms with Crippen molar-refractivity contribution in [2.45, 2.75) is 37.2 Å². The maximum absolute atomic E-state index is 11.7. The van der Waals surface area contributed by atoms with Gasteiger partial charge in [0.25, 0.3) is 0 Å². The highest BCUT2D eigenvalue weighted by atomic mass is 127. The molecule has 0 radical (unpaired) electrons. The van der Waals surface area contributed by atoms with Crippen LogP contribution in [0.5, 0.6) is 0 Å². The topological polar surface area (TPSA) is 26.3 Å². The zero-order chi connectivity index (χ0) is 12.2. The van der Waals surface area contributed by atoms with Crippen molar-refractivity contribution in [3.63, 3.8) is 0 Å². The van der Waals surface area contributed by atoms with Crippen molar-refractivity contribution in [1.82, 2.24) is 0 Å². The number of halogens is 1. The lowest BCUT2D eigenvalue weighted by Gasteiger charge is -2.18. The number of hydrogen-bond donors (Lipinski definition) is 0. The van der Waals surface area contributed by atoms with Crippen LogP contribution < -0.4 is 0 Å². The molecule has 16 heavy (non-hydrogen) atoms. The highest BCUT2D eigenvalue weighted by Crippen LogP contribution is 2.24. The molecule has 0 spiro atoms. The van der Waals surface area contributed by atoms with Crippen molar-refractivity contribution < 1.29 is 9.53 Å². The number of hydrogen-bond acceptors (Lipinski definition) is 2. The van der Waals surface area contributed by atoms with E-state index in [1.807, 2.05) is 45.0 Å². The Bertz CT molecular complexity index is 355. The van der Waals surface area contributed by atoms with E-state index in [1.165, 1.54) is 5.56 Å². The van der Waals surface area contributed by atoms with Gasteiger partial charge >= 0.3 is 5.97 Å². The summed E-state index contributed by atoms with van der Waals surface area (Å²) in [4.78, 5) is 11.7. The van der Waals surface area contributed by atoms with Crippen LogP contribution in [0, 0.1) is 6.92 Å². The fourth-order valence-electron chi connectivity index (χ4n) is 1.13. The number of aryl methyl sites for hydroxylation is 1. The van der Waals surface area contributed by atoms with Gasteiger partial charge in [0.15, 0.2) is 0 Å². The largest absolute Gasteiger partial charge is 0.460 e. The molecule has 0 aliphatic heterocycles. The van der Waals surface area contributed by atoms with Crippen LogP contribution in [-0.4, -0.2) is 9.39 Å². The Balaban J connectivity index is 2.52. The zero-order valence-electron chi connectivity index (χ0n) is 9.92. The van der Waals surface area contributed by atoms with E-state index in [0.29, 0.717) is 6.61 Å². The van der Waals surface area contributed by atoms with Crippen molar-refractivity contribution in [3.05, 3.63) is 35.4 Å². The molecule has 0 heterocycles. The standard InChI is InChI=1S/C13H17IO2/c1-4-13(3,14)12(15)16-9-11-7-5-10(2)6-8-11/h5-8H,4,9H2,1-3H3. The Morgan fingerprint density at radius 3 is 2.44 bits per heavy atom. The predicted octanol–water partition coefficient (Wildman–Crippen LogP) is 3.64. The monoisotopic (exact) mass is 332 g/mol. The number of carbonyl (C=O) groups is 1. The number of esters is 1. The quantitative estimate of drug-likeness (QED) is 0.478. The third-order valence-corrected chi connectivity index (χ3v) is 3.78. The summed E-state index contributed by atoms with van der Waals surface area (Å²) in [6, 6.07) is 8.01. The normalized spacial score (nSPS) is 14.2. The van der Waals surface area contributed by atoms with Gasteiger partial charge in [-0.05, 0) is 25.8 Å². The fraction of sp³-hybridized carbons (Fsp3) is 0.462. The zero-order valence-corrected chi connectivity index (χ0v) is 12.1. The molecule has 0 fully saturated rings. The molecule has 1 unspecified atom stereocenters. The highest BCUT2D eigenvalue weighted by molar-refractivity contribution is 14.1. The molecule has 1 atom stereocenters. The second-order valence-corrected chi connectivity index (χ2v) is 6.49. The number of carbonyl (C=O) groups excluding carboxylic acids is 1. The van der Waals surface area contributed by atoms with Gasteiger partial charge < -0.3 is 4.74 Å². The molecular formula is C13H17IO2. The lowest BCUT2D eigenvalue weighted by molar-refractivity contribution is -0.146. The van der Waals surface area contributed by atoms with Crippen LogP contribution in [0.15, 0.2) is 24.3 Å². The fourth-order valence-corrected chi connectivity index (χ4v) is 1.28. The highest BCUT2D eigenvalue weighted by Gasteiger charge is 2.29. The Morgan fingerprint density at radius 2 is 1.94 bits per heavy atom. The molecule has 0 bridgehead atoms. The third-order valence-electron chi connectivity index (χ3n) is 2.58. The van der Waals surface area contributed by atoms with E-state index in [1.54, 1.807) is 0 Å². The summed E-state index contributed by atoms with van der Waals surface area (Å²) in [6.45, 7) is 6.27. The van der Waals surface area contributed by atoms with Crippen LogP contribution in [0.3, 0.4) is 0 Å². The van der Waals surface area contributed by atoms with Crippen LogP contribution >= 0.6 is 22.6 Å². The number of benzene rings is 1. The molecule has 1 rings (SSSR count). The molecule has 0 saturated heterocycles.